The minimum absolute atomic E-state index is 0.129. The maximum Gasteiger partial charge on any atom is 0.289 e. The molecule has 1 aromatic carbocycles. The van der Waals surface area contributed by atoms with E-state index in [4.69, 9.17) is 16.0 Å². The van der Waals surface area contributed by atoms with Crippen molar-refractivity contribution in [2.75, 3.05) is 32.5 Å². The van der Waals surface area contributed by atoms with Crippen molar-refractivity contribution in [3.8, 4) is 0 Å². The second-order valence-electron chi connectivity index (χ2n) is 6.93. The topological polar surface area (TPSA) is 82.9 Å². The summed E-state index contributed by atoms with van der Waals surface area (Å²) in [5.74, 6) is -0.415. The third kappa shape index (κ3) is 4.36. The minimum atomic E-state index is -0.231. The Kier molecular flexibility index (Phi) is 6.04. The summed E-state index contributed by atoms with van der Waals surface area (Å²) >= 11 is 6.10. The first-order chi connectivity index (χ1) is 13.4. The van der Waals surface area contributed by atoms with E-state index in [1.165, 1.54) is 11.2 Å². The lowest BCUT2D eigenvalue weighted by Crippen LogP contribution is -2.41. The highest BCUT2D eigenvalue weighted by Crippen LogP contribution is 2.24. The van der Waals surface area contributed by atoms with Crippen molar-refractivity contribution >= 4 is 35.0 Å². The van der Waals surface area contributed by atoms with Gasteiger partial charge in [-0.25, -0.2) is 0 Å². The molecule has 148 valence electrons. The van der Waals surface area contributed by atoms with Gasteiger partial charge in [-0.05, 0) is 43.2 Å². The molecule has 3 rings (SSSR count). The molecule has 0 bridgehead atoms. The van der Waals surface area contributed by atoms with Gasteiger partial charge in [0.15, 0.2) is 5.76 Å². The number of furan rings is 1. The molecule has 1 aliphatic rings. The van der Waals surface area contributed by atoms with E-state index in [1.807, 2.05) is 0 Å². The lowest BCUT2D eigenvalue weighted by atomic mass is 9.95. The van der Waals surface area contributed by atoms with Crippen LogP contribution in [-0.4, -0.2) is 54.7 Å². The van der Waals surface area contributed by atoms with Crippen LogP contribution in [0, 0.1) is 5.92 Å². The van der Waals surface area contributed by atoms with E-state index in [2.05, 4.69) is 5.32 Å². The summed E-state index contributed by atoms with van der Waals surface area (Å²) in [7, 11) is 3.28. The number of nitrogens with zero attached hydrogens (tertiary/aromatic N) is 2. The number of amides is 3. The van der Waals surface area contributed by atoms with Crippen molar-refractivity contribution < 1.29 is 18.8 Å². The molecule has 2 aromatic rings. The number of carbonyl (C=O) groups is 3. The van der Waals surface area contributed by atoms with Gasteiger partial charge in [0, 0.05) is 38.8 Å². The van der Waals surface area contributed by atoms with Crippen molar-refractivity contribution in [1.29, 1.82) is 0 Å². The van der Waals surface area contributed by atoms with Gasteiger partial charge >= 0.3 is 0 Å². The van der Waals surface area contributed by atoms with Crippen LogP contribution in [0.5, 0.6) is 0 Å². The highest BCUT2D eigenvalue weighted by Gasteiger charge is 2.29. The van der Waals surface area contributed by atoms with E-state index in [-0.39, 0.29) is 23.6 Å². The number of piperidine rings is 1. The molecule has 0 spiro atoms. The van der Waals surface area contributed by atoms with Crippen LogP contribution in [0.1, 0.15) is 33.8 Å². The molecular weight excluding hydrogens is 382 g/mol. The summed E-state index contributed by atoms with van der Waals surface area (Å²) in [5, 5.41) is 3.19. The van der Waals surface area contributed by atoms with Gasteiger partial charge in [0.05, 0.1) is 16.8 Å². The third-order valence-electron chi connectivity index (χ3n) is 4.76. The van der Waals surface area contributed by atoms with Gasteiger partial charge in [-0.15, -0.1) is 0 Å². The molecule has 28 heavy (non-hydrogen) atoms. The SMILES string of the molecule is CN(C)C(=O)c1cc(NC(=O)C2CCN(C(=O)c3ccco3)CC2)ccc1Cl. The van der Waals surface area contributed by atoms with Crippen LogP contribution in [0.15, 0.2) is 41.0 Å². The van der Waals surface area contributed by atoms with Crippen LogP contribution in [0.3, 0.4) is 0 Å². The lowest BCUT2D eigenvalue weighted by molar-refractivity contribution is -0.121. The Hall–Kier alpha value is -2.80. The van der Waals surface area contributed by atoms with Crippen LogP contribution in [-0.2, 0) is 4.79 Å². The number of hydrogen-bond acceptors (Lipinski definition) is 4. The number of hydrogen-bond donors (Lipinski definition) is 1. The Morgan fingerprint density at radius 1 is 1.18 bits per heavy atom. The molecule has 0 saturated carbocycles. The van der Waals surface area contributed by atoms with Crippen LogP contribution < -0.4 is 5.32 Å². The number of nitrogens with one attached hydrogen (secondary N) is 1. The van der Waals surface area contributed by atoms with E-state index < -0.39 is 0 Å². The Labute approximate surface area is 168 Å². The molecule has 1 saturated heterocycles. The molecule has 1 N–H and O–H groups in total. The van der Waals surface area contributed by atoms with Gasteiger partial charge < -0.3 is 19.5 Å². The summed E-state index contributed by atoms with van der Waals surface area (Å²) in [6.45, 7) is 0.977. The standard InChI is InChI=1S/C20H22ClN3O4/c1-23(2)19(26)15-12-14(5-6-16(15)21)22-18(25)13-7-9-24(10-8-13)20(27)17-4-3-11-28-17/h3-6,11-13H,7-10H2,1-2H3,(H,22,25). The molecule has 0 atom stereocenters. The highest BCUT2D eigenvalue weighted by molar-refractivity contribution is 6.34. The zero-order chi connectivity index (χ0) is 20.3. The van der Waals surface area contributed by atoms with Crippen LogP contribution in [0.4, 0.5) is 5.69 Å². The maximum absolute atomic E-state index is 12.6. The number of rotatable bonds is 4. The second-order valence-corrected chi connectivity index (χ2v) is 7.33. The fourth-order valence-electron chi connectivity index (χ4n) is 3.15. The summed E-state index contributed by atoms with van der Waals surface area (Å²) in [4.78, 5) is 40.2. The smallest absolute Gasteiger partial charge is 0.289 e. The molecule has 2 heterocycles. The number of carbonyl (C=O) groups excluding carboxylic acids is 3. The van der Waals surface area contributed by atoms with Crippen molar-refractivity contribution in [3.05, 3.63) is 52.9 Å². The number of halogens is 1. The minimum Gasteiger partial charge on any atom is -0.459 e. The molecular formula is C20H22ClN3O4. The van der Waals surface area contributed by atoms with Gasteiger partial charge in [-0.2, -0.15) is 0 Å². The first-order valence-electron chi connectivity index (χ1n) is 9.01. The third-order valence-corrected chi connectivity index (χ3v) is 5.08. The van der Waals surface area contributed by atoms with E-state index in [0.29, 0.717) is 48.0 Å². The van der Waals surface area contributed by atoms with Crippen LogP contribution in [0.25, 0.3) is 0 Å². The molecule has 7 nitrogen and oxygen atoms in total. The quantitative estimate of drug-likeness (QED) is 0.850. The average molecular weight is 404 g/mol. The Morgan fingerprint density at radius 2 is 1.89 bits per heavy atom. The maximum atomic E-state index is 12.6. The molecule has 3 amide bonds. The van der Waals surface area contributed by atoms with Crippen molar-refractivity contribution in [1.82, 2.24) is 9.80 Å². The average Bonchev–Trinajstić information content (AvgIpc) is 3.23. The fourth-order valence-corrected chi connectivity index (χ4v) is 3.35. The predicted molar refractivity (Wildman–Crippen MR) is 105 cm³/mol. The Bertz CT molecular complexity index is 872. The lowest BCUT2D eigenvalue weighted by Gasteiger charge is -2.30. The van der Waals surface area contributed by atoms with Crippen molar-refractivity contribution in [2.24, 2.45) is 5.92 Å². The normalized spacial score (nSPS) is 14.6. The van der Waals surface area contributed by atoms with Gasteiger partial charge in [-0.1, -0.05) is 11.6 Å². The van der Waals surface area contributed by atoms with Gasteiger partial charge in [0.25, 0.3) is 11.8 Å². The van der Waals surface area contributed by atoms with Crippen molar-refractivity contribution in [2.45, 2.75) is 12.8 Å². The Balaban J connectivity index is 1.60. The Morgan fingerprint density at radius 3 is 2.50 bits per heavy atom. The zero-order valence-electron chi connectivity index (χ0n) is 15.8. The van der Waals surface area contributed by atoms with E-state index in [0.717, 1.165) is 0 Å². The molecule has 1 aliphatic heterocycles. The number of benzene rings is 1. The first kappa shape index (κ1) is 19.9. The molecule has 1 fully saturated rings. The van der Waals surface area contributed by atoms with Crippen LogP contribution >= 0.6 is 11.6 Å². The van der Waals surface area contributed by atoms with Crippen molar-refractivity contribution in [3.63, 3.8) is 0 Å². The molecule has 1 aromatic heterocycles. The van der Waals surface area contributed by atoms with Crippen LogP contribution in [0.2, 0.25) is 5.02 Å². The molecule has 0 radical (unpaired) electrons. The summed E-state index contributed by atoms with van der Waals surface area (Å²) in [6.07, 6.45) is 2.60. The monoisotopic (exact) mass is 403 g/mol. The number of anilines is 1. The van der Waals surface area contributed by atoms with E-state index in [1.54, 1.807) is 49.3 Å². The number of likely N-dealkylation sites (tertiary alicyclic amines) is 1. The molecule has 8 heteroatoms. The summed E-state index contributed by atoms with van der Waals surface area (Å²) < 4.78 is 5.15. The van der Waals surface area contributed by atoms with E-state index in [9.17, 15) is 14.4 Å². The van der Waals surface area contributed by atoms with Gasteiger partial charge in [0.2, 0.25) is 5.91 Å². The van der Waals surface area contributed by atoms with Gasteiger partial charge in [0.1, 0.15) is 0 Å². The fraction of sp³-hybridized carbons (Fsp3) is 0.350. The zero-order valence-corrected chi connectivity index (χ0v) is 16.5. The predicted octanol–water partition coefficient (Wildman–Crippen LogP) is 3.13. The molecule has 0 aliphatic carbocycles. The summed E-state index contributed by atoms with van der Waals surface area (Å²) in [6, 6.07) is 8.15. The first-order valence-corrected chi connectivity index (χ1v) is 9.39. The summed E-state index contributed by atoms with van der Waals surface area (Å²) in [5.41, 5.74) is 0.858. The highest BCUT2D eigenvalue weighted by atomic mass is 35.5. The largest absolute Gasteiger partial charge is 0.459 e. The molecule has 0 unspecified atom stereocenters. The van der Waals surface area contributed by atoms with E-state index >= 15 is 0 Å². The second kappa shape index (κ2) is 8.48. The van der Waals surface area contributed by atoms with Gasteiger partial charge in [-0.3, -0.25) is 14.4 Å².